The minimum Gasteiger partial charge on any atom is -0.254 e. The fourth-order valence-electron chi connectivity index (χ4n) is 3.24. The molecule has 108 valence electrons. The molecule has 4 aromatic rings. The third-order valence-corrected chi connectivity index (χ3v) is 5.90. The summed E-state index contributed by atoms with van der Waals surface area (Å²) in [7, 11) is 0. The van der Waals surface area contributed by atoms with Gasteiger partial charge in [0.15, 0.2) is 5.69 Å². The van der Waals surface area contributed by atoms with Crippen LogP contribution in [0, 0.1) is 6.08 Å². The van der Waals surface area contributed by atoms with E-state index in [0.29, 0.717) is 0 Å². The van der Waals surface area contributed by atoms with Crippen molar-refractivity contribution in [3.05, 3.63) is 77.0 Å². The van der Waals surface area contributed by atoms with Crippen LogP contribution in [-0.2, 0) is 0 Å². The third-order valence-electron chi connectivity index (χ3n) is 4.21. The fourth-order valence-corrected chi connectivity index (χ4v) is 4.76. The number of para-hydroxylation sites is 1. The predicted octanol–water partition coefficient (Wildman–Crippen LogP) is 6.34. The van der Waals surface area contributed by atoms with Crippen molar-refractivity contribution in [3.8, 4) is 5.69 Å². The summed E-state index contributed by atoms with van der Waals surface area (Å²) in [5.41, 5.74) is 4.82. The van der Waals surface area contributed by atoms with Gasteiger partial charge in [0.2, 0.25) is 0 Å². The van der Waals surface area contributed by atoms with Gasteiger partial charge in [-0.25, -0.2) is 0 Å². The molecular weight excluding hydrogens is 322 g/mol. The Bertz CT molecular complexity index is 1110. The topological polar surface area (TPSA) is 4.93 Å². The molecule has 1 aliphatic carbocycles. The van der Waals surface area contributed by atoms with Crippen LogP contribution in [0.15, 0.2) is 54.6 Å². The summed E-state index contributed by atoms with van der Waals surface area (Å²) < 4.78 is 4.75. The molecular formula is C20H11ClNS+. The number of benzene rings is 2. The van der Waals surface area contributed by atoms with Crippen molar-refractivity contribution in [3.63, 3.8) is 0 Å². The number of thiophene rings is 1. The van der Waals surface area contributed by atoms with Gasteiger partial charge >= 0.3 is 0 Å². The molecule has 0 saturated heterocycles. The third kappa shape index (κ3) is 1.77. The number of hydrogen-bond acceptors (Lipinski definition) is 1. The minimum absolute atomic E-state index is 0.818. The summed E-state index contributed by atoms with van der Waals surface area (Å²) >= 11 is 8.20. The van der Waals surface area contributed by atoms with Crippen molar-refractivity contribution in [2.45, 2.75) is 0 Å². The largest absolute Gasteiger partial charge is 0.254 e. The highest BCUT2D eigenvalue weighted by atomic mass is 35.5. The number of nitrogens with zero attached hydrogens (tertiary/aromatic N) is 1. The van der Waals surface area contributed by atoms with Crippen LogP contribution in [0.5, 0.6) is 0 Å². The van der Waals surface area contributed by atoms with E-state index in [-0.39, 0.29) is 0 Å². The molecule has 0 saturated carbocycles. The Hall–Kier alpha value is -2.38. The number of aromatic nitrogens is 1. The van der Waals surface area contributed by atoms with E-state index in [1.807, 2.05) is 24.3 Å². The van der Waals surface area contributed by atoms with Crippen molar-refractivity contribution < 1.29 is 0 Å². The molecule has 3 heteroatoms. The molecule has 0 bridgehead atoms. The molecule has 0 unspecified atom stereocenters. The standard InChI is InChI=1S/C20H11ClNS/c21-16-11-6-10-15-18-20(23-19(15)16)14-9-4-5-12-17(14)22(18)13-7-2-1-3-8-13/h1-4,6-12H/q+1. The van der Waals surface area contributed by atoms with Crippen LogP contribution in [0.2, 0.25) is 5.02 Å². The average molecular weight is 333 g/mol. The lowest BCUT2D eigenvalue weighted by Gasteiger charge is -2.05. The highest BCUT2D eigenvalue weighted by Gasteiger charge is 2.27. The molecule has 1 aliphatic rings. The zero-order valence-electron chi connectivity index (χ0n) is 12.1. The van der Waals surface area contributed by atoms with Gasteiger partial charge in [0.25, 0.3) is 0 Å². The molecule has 2 heterocycles. The van der Waals surface area contributed by atoms with E-state index in [2.05, 4.69) is 53.1 Å². The SMILES string of the molecule is Clc1cccc2c1sc1c3c(n(-c4ccccc4)c12)C=[C+]C=C3. The van der Waals surface area contributed by atoms with Gasteiger partial charge in [0, 0.05) is 11.5 Å². The summed E-state index contributed by atoms with van der Waals surface area (Å²) in [6, 6.07) is 16.6. The van der Waals surface area contributed by atoms with E-state index >= 15 is 0 Å². The van der Waals surface area contributed by atoms with E-state index < -0.39 is 0 Å². The molecule has 2 aromatic carbocycles. The molecule has 0 fully saturated rings. The van der Waals surface area contributed by atoms with Crippen molar-refractivity contribution in [1.82, 2.24) is 4.57 Å². The Labute approximate surface area is 142 Å². The lowest BCUT2D eigenvalue weighted by molar-refractivity contribution is 1.11. The number of hydrogen-bond donors (Lipinski definition) is 0. The number of allylic oxidation sites excluding steroid dienone is 2. The van der Waals surface area contributed by atoms with Gasteiger partial charge in [-0.3, -0.25) is 4.57 Å². The maximum atomic E-state index is 6.43. The van der Waals surface area contributed by atoms with Gasteiger partial charge in [-0.15, -0.1) is 11.3 Å². The molecule has 2 aromatic heterocycles. The van der Waals surface area contributed by atoms with Crippen LogP contribution in [0.1, 0.15) is 11.3 Å². The fraction of sp³-hybridized carbons (Fsp3) is 0. The van der Waals surface area contributed by atoms with Gasteiger partial charge in [0.1, 0.15) is 17.7 Å². The lowest BCUT2D eigenvalue weighted by Crippen LogP contribution is -1.97. The summed E-state index contributed by atoms with van der Waals surface area (Å²) in [6.07, 6.45) is 9.39. The van der Waals surface area contributed by atoms with E-state index in [9.17, 15) is 0 Å². The van der Waals surface area contributed by atoms with Gasteiger partial charge < -0.3 is 0 Å². The maximum Gasteiger partial charge on any atom is 0.167 e. The second-order valence-corrected chi connectivity index (χ2v) is 6.94. The van der Waals surface area contributed by atoms with Gasteiger partial charge in [-0.2, -0.15) is 0 Å². The van der Waals surface area contributed by atoms with Crippen LogP contribution < -0.4 is 0 Å². The second kappa shape index (κ2) is 4.81. The smallest absolute Gasteiger partial charge is 0.167 e. The molecule has 0 aliphatic heterocycles. The lowest BCUT2D eigenvalue weighted by atomic mass is 10.1. The first kappa shape index (κ1) is 13.1. The Morgan fingerprint density at radius 3 is 2.70 bits per heavy atom. The van der Waals surface area contributed by atoms with Crippen LogP contribution >= 0.6 is 22.9 Å². The highest BCUT2D eigenvalue weighted by Crippen LogP contribution is 2.44. The van der Waals surface area contributed by atoms with Crippen LogP contribution in [0.4, 0.5) is 0 Å². The van der Waals surface area contributed by atoms with Crippen molar-refractivity contribution in [1.29, 1.82) is 0 Å². The molecule has 23 heavy (non-hydrogen) atoms. The van der Waals surface area contributed by atoms with Crippen LogP contribution in [0.25, 0.3) is 38.1 Å². The highest BCUT2D eigenvalue weighted by molar-refractivity contribution is 7.26. The molecule has 1 nitrogen and oxygen atoms in total. The molecule has 0 N–H and O–H groups in total. The van der Waals surface area contributed by atoms with E-state index in [4.69, 9.17) is 11.6 Å². The first-order valence-corrected chi connectivity index (χ1v) is 8.61. The maximum absolute atomic E-state index is 6.43. The second-order valence-electron chi connectivity index (χ2n) is 5.51. The van der Waals surface area contributed by atoms with Gasteiger partial charge in [0.05, 0.1) is 31.7 Å². The summed E-state index contributed by atoms with van der Waals surface area (Å²) in [6.45, 7) is 0. The summed E-state index contributed by atoms with van der Waals surface area (Å²) in [4.78, 5) is 0. The molecule has 0 spiro atoms. The van der Waals surface area contributed by atoms with E-state index in [1.165, 1.54) is 26.9 Å². The van der Waals surface area contributed by atoms with E-state index in [1.54, 1.807) is 11.3 Å². The van der Waals surface area contributed by atoms with Crippen molar-refractivity contribution >= 4 is 55.4 Å². The van der Waals surface area contributed by atoms with Gasteiger partial charge in [-0.1, -0.05) is 41.9 Å². The number of rotatable bonds is 1. The Balaban J connectivity index is 2.03. The normalized spacial score (nSPS) is 12.7. The molecule has 0 atom stereocenters. The minimum atomic E-state index is 0.818. The predicted molar refractivity (Wildman–Crippen MR) is 100 cm³/mol. The summed E-state index contributed by atoms with van der Waals surface area (Å²) in [5, 5.41) is 2.02. The monoisotopic (exact) mass is 332 g/mol. The molecule has 0 radical (unpaired) electrons. The zero-order valence-corrected chi connectivity index (χ0v) is 13.7. The molecule has 5 rings (SSSR count). The van der Waals surface area contributed by atoms with Gasteiger partial charge in [-0.05, 0) is 18.2 Å². The Morgan fingerprint density at radius 2 is 1.83 bits per heavy atom. The average Bonchev–Trinajstić information content (AvgIpc) is 3.12. The first-order valence-electron chi connectivity index (χ1n) is 7.41. The van der Waals surface area contributed by atoms with E-state index in [0.717, 1.165) is 15.4 Å². The Kier molecular flexibility index (Phi) is 2.74. The van der Waals surface area contributed by atoms with Crippen LogP contribution in [0.3, 0.4) is 0 Å². The van der Waals surface area contributed by atoms with Crippen LogP contribution in [-0.4, -0.2) is 4.57 Å². The number of halogens is 1. The molecule has 0 amide bonds. The zero-order chi connectivity index (χ0) is 15.4. The quantitative estimate of drug-likeness (QED) is 0.358. The first-order chi connectivity index (χ1) is 11.3. The van der Waals surface area contributed by atoms with Crippen molar-refractivity contribution in [2.75, 3.05) is 0 Å². The van der Waals surface area contributed by atoms with Crippen molar-refractivity contribution in [2.24, 2.45) is 0 Å². The number of fused-ring (bicyclic) bond motifs is 5. The summed E-state index contributed by atoms with van der Waals surface area (Å²) in [5.74, 6) is 0. The Morgan fingerprint density at radius 1 is 0.957 bits per heavy atom.